The molecule has 62 heavy (non-hydrogen) atoms. The minimum atomic E-state index is -2.17. The smallest absolute Gasteiger partial charge is 0.333 e. The molecule has 0 aliphatic carbocycles. The molecule has 4 amide bonds. The van der Waals surface area contributed by atoms with Gasteiger partial charge in [-0.25, -0.2) is 4.79 Å². The second kappa shape index (κ2) is 24.1. The van der Waals surface area contributed by atoms with Crippen molar-refractivity contribution in [2.45, 2.75) is 150 Å². The van der Waals surface area contributed by atoms with E-state index in [2.05, 4.69) is 21.3 Å². The molecule has 0 radical (unpaired) electrons. The van der Waals surface area contributed by atoms with Crippen LogP contribution in [0.3, 0.4) is 0 Å². The van der Waals surface area contributed by atoms with E-state index in [9.17, 15) is 64.8 Å². The summed E-state index contributed by atoms with van der Waals surface area (Å²) >= 11 is 0. The molecular weight excluding hydrogens is 877 g/mol. The number of nitrogens with one attached hydrogen (secondary N) is 4. The first-order chi connectivity index (χ1) is 29.4. The van der Waals surface area contributed by atoms with Crippen LogP contribution in [-0.2, 0) is 61.9 Å². The van der Waals surface area contributed by atoms with Crippen LogP contribution in [0.25, 0.3) is 0 Å². The maximum absolute atomic E-state index is 13.9. The second-order valence-electron chi connectivity index (χ2n) is 14.8. The van der Waals surface area contributed by atoms with Gasteiger partial charge < -0.3 is 100 Å². The van der Waals surface area contributed by atoms with Gasteiger partial charge in [0.15, 0.2) is 31.1 Å². The van der Waals surface area contributed by atoms with Crippen LogP contribution in [0, 0.1) is 0 Å². The molecule has 4 aliphatic heterocycles. The van der Waals surface area contributed by atoms with Crippen LogP contribution in [0.4, 0.5) is 0 Å². The molecule has 0 aromatic heterocycles. The molecule has 4 aliphatic rings. The van der Waals surface area contributed by atoms with Crippen LogP contribution in [0.15, 0.2) is 0 Å². The van der Waals surface area contributed by atoms with Crippen molar-refractivity contribution in [1.82, 2.24) is 21.3 Å². The number of ether oxygens (including phenoxy) is 8. The third-order valence-electron chi connectivity index (χ3n) is 10.5. The zero-order valence-corrected chi connectivity index (χ0v) is 36.0. The van der Waals surface area contributed by atoms with Gasteiger partial charge in [0.2, 0.25) is 17.7 Å². The molecule has 0 aromatic carbocycles. The molecule has 0 spiro atoms. The molecule has 0 saturated carbocycles. The minimum Gasteiger partial charge on any atom is -0.479 e. The lowest BCUT2D eigenvalue weighted by atomic mass is 9.92. The number of carboxylic acids is 1. The number of rotatable bonds is 19. The Bertz CT molecular complexity index is 1510. The number of aliphatic hydroxyl groups excluding tert-OH is 7. The molecule has 12 N–H and O–H groups in total. The van der Waals surface area contributed by atoms with Gasteiger partial charge in [-0.05, 0) is 13.2 Å². The first kappa shape index (κ1) is 52.1. The van der Waals surface area contributed by atoms with Crippen molar-refractivity contribution in [3.05, 3.63) is 0 Å². The van der Waals surface area contributed by atoms with Gasteiger partial charge in [-0.1, -0.05) is 21.6 Å². The summed E-state index contributed by atoms with van der Waals surface area (Å²) in [6, 6.07) is -2.79. The fourth-order valence-corrected chi connectivity index (χ4v) is 8.55. The molecule has 356 valence electrons. The van der Waals surface area contributed by atoms with E-state index in [4.69, 9.17) is 37.9 Å². The number of aliphatic hydroxyl groups is 7. The third kappa shape index (κ3) is 13.0. The molecule has 27 heteroatoms. The van der Waals surface area contributed by atoms with E-state index < -0.39 is 166 Å². The Balaban J connectivity index is 1.68. The summed E-state index contributed by atoms with van der Waals surface area (Å²) in [5.41, 5.74) is 0. The Labute approximate surface area is 363 Å². The van der Waals surface area contributed by atoms with Crippen molar-refractivity contribution in [2.24, 2.45) is 0 Å². The molecule has 4 fully saturated rings. The van der Waals surface area contributed by atoms with E-state index in [0.717, 1.165) is 6.92 Å². The Kier molecular flexibility index (Phi) is 20.3. The average Bonchev–Trinajstić information content (AvgIpc) is 3.22. The first-order valence-electron chi connectivity index (χ1n) is 19.6. The highest BCUT2D eigenvalue weighted by Gasteiger charge is 2.56. The zero-order chi connectivity index (χ0) is 46.0. The van der Waals surface area contributed by atoms with E-state index in [1.54, 1.807) is 0 Å². The van der Waals surface area contributed by atoms with Gasteiger partial charge in [0, 0.05) is 39.6 Å². The fraction of sp³-hybridized carbons (Fsp3) is 0.857. The van der Waals surface area contributed by atoms with Crippen LogP contribution in [0.5, 0.6) is 0 Å². The largest absolute Gasteiger partial charge is 0.479 e. The average molecular weight is 935 g/mol. The summed E-state index contributed by atoms with van der Waals surface area (Å²) < 4.78 is 46.1. The highest BCUT2D eigenvalue weighted by Crippen LogP contribution is 2.35. The van der Waals surface area contributed by atoms with Crippen LogP contribution in [0.2, 0.25) is 0 Å². The SMILES string of the molecule is CO[C@H]1CC(C(=O)O)O[C@@H](O[C@@H]2C(NC(C)=O)[C@H](O[C@@H]3C(C(=O)NCNC(=O)CCSSC)O[C@@H](O[C@@H]4C(NC(C)=O)[C@H](C)OC(CO)[C@H]4O)C(O)[C@H]3O)OC(CO)[C@H]2O)C1O. The highest BCUT2D eigenvalue weighted by molar-refractivity contribution is 8.76. The molecular formula is C35H58N4O21S2. The molecule has 4 rings (SSSR count). The minimum absolute atomic E-state index is 0.0979. The van der Waals surface area contributed by atoms with Gasteiger partial charge in [-0.2, -0.15) is 0 Å². The Morgan fingerprint density at radius 3 is 1.84 bits per heavy atom. The van der Waals surface area contributed by atoms with Crippen LogP contribution in [0.1, 0.15) is 33.6 Å². The molecule has 4 saturated heterocycles. The van der Waals surface area contributed by atoms with E-state index in [0.29, 0.717) is 5.75 Å². The van der Waals surface area contributed by atoms with E-state index >= 15 is 0 Å². The molecule has 0 aromatic rings. The van der Waals surface area contributed by atoms with Gasteiger partial charge in [0.25, 0.3) is 5.91 Å². The lowest BCUT2D eigenvalue weighted by molar-refractivity contribution is -0.362. The normalized spacial score (nSPS) is 39.9. The van der Waals surface area contributed by atoms with Crippen LogP contribution >= 0.6 is 21.6 Å². The summed E-state index contributed by atoms with van der Waals surface area (Å²) in [4.78, 5) is 63.0. The number of carbonyl (C=O) groups is 5. The number of aliphatic carboxylic acids is 1. The number of carbonyl (C=O) groups excluding carboxylic acids is 4. The van der Waals surface area contributed by atoms with Crippen molar-refractivity contribution >= 4 is 51.2 Å². The van der Waals surface area contributed by atoms with Gasteiger partial charge >= 0.3 is 5.97 Å². The maximum Gasteiger partial charge on any atom is 0.333 e. The quantitative estimate of drug-likeness (QED) is 0.0326. The summed E-state index contributed by atoms with van der Waals surface area (Å²) in [6.45, 7) is 1.65. The van der Waals surface area contributed by atoms with E-state index in [1.165, 1.54) is 42.5 Å². The van der Waals surface area contributed by atoms with Crippen LogP contribution in [-0.4, -0.2) is 226 Å². The predicted octanol–water partition coefficient (Wildman–Crippen LogP) is -6.02. The monoisotopic (exact) mass is 934 g/mol. The number of methoxy groups -OCH3 is 1. The summed E-state index contributed by atoms with van der Waals surface area (Å²) in [5.74, 6) is -3.84. The lowest BCUT2D eigenvalue weighted by Gasteiger charge is -2.50. The van der Waals surface area contributed by atoms with Crippen molar-refractivity contribution in [1.29, 1.82) is 0 Å². The lowest BCUT2D eigenvalue weighted by Crippen LogP contribution is -2.70. The van der Waals surface area contributed by atoms with Crippen molar-refractivity contribution in [3.8, 4) is 0 Å². The number of hydrogen-bond donors (Lipinski definition) is 12. The van der Waals surface area contributed by atoms with E-state index in [1.807, 2.05) is 6.26 Å². The number of carboxylic acid groups (broad SMARTS) is 1. The second-order valence-corrected chi connectivity index (χ2v) is 17.5. The third-order valence-corrected chi connectivity index (χ3v) is 12.3. The maximum atomic E-state index is 13.9. The van der Waals surface area contributed by atoms with Crippen molar-refractivity contribution < 1.29 is 103 Å². The predicted molar refractivity (Wildman–Crippen MR) is 209 cm³/mol. The molecule has 4 heterocycles. The van der Waals surface area contributed by atoms with Gasteiger partial charge in [-0.3, -0.25) is 19.2 Å². The van der Waals surface area contributed by atoms with Crippen molar-refractivity contribution in [3.63, 3.8) is 0 Å². The van der Waals surface area contributed by atoms with Crippen LogP contribution < -0.4 is 21.3 Å². The Morgan fingerprint density at radius 1 is 0.710 bits per heavy atom. The molecule has 0 bridgehead atoms. The molecule has 25 nitrogen and oxygen atoms in total. The number of amides is 4. The molecule has 19 atom stereocenters. The Morgan fingerprint density at radius 2 is 1.27 bits per heavy atom. The van der Waals surface area contributed by atoms with Gasteiger partial charge in [0.05, 0.1) is 38.1 Å². The van der Waals surface area contributed by atoms with Gasteiger partial charge in [-0.15, -0.1) is 0 Å². The van der Waals surface area contributed by atoms with Gasteiger partial charge in [0.1, 0.15) is 67.1 Å². The summed E-state index contributed by atoms with van der Waals surface area (Å²) in [6.07, 6.45) is -27.2. The fourth-order valence-electron chi connectivity index (χ4n) is 7.36. The summed E-state index contributed by atoms with van der Waals surface area (Å²) in [5, 5.41) is 96.4. The zero-order valence-electron chi connectivity index (χ0n) is 34.4. The van der Waals surface area contributed by atoms with Crippen molar-refractivity contribution in [2.75, 3.05) is 39.0 Å². The van der Waals surface area contributed by atoms with E-state index in [-0.39, 0.29) is 12.8 Å². The highest BCUT2D eigenvalue weighted by atomic mass is 33.1. The standard InChI is InChI=1S/C35H58N4O21S2/c1-12-20(38-13(2)42)27(22(45)17(9-40)54-12)57-35-26(49)25(48)29(30(60-35)31(50)37-11-36-19(44)6-7-62-61-5)59-33-21(39-14(3)43)28(23(46)18(10-41)56-33)58-34-24(47)15(53-4)8-16(55-34)32(51)52/h12,15-18,20-30,33-35,40-41,45-49H,6-11H2,1-5H3,(H,36,44)(H,37,50)(H,38,42)(H,39,43)(H,51,52)/t12-,15-,16?,17?,18?,20?,21?,22+,23+,24?,25+,26?,27+,28+,29-,30?,33-,34-,35+/m0/s1. The molecule has 8 unspecified atom stereocenters. The Hall–Kier alpha value is -2.55. The topological polar surface area (TPSA) is 369 Å². The summed E-state index contributed by atoms with van der Waals surface area (Å²) in [7, 11) is 4.09. The number of hydrogen-bond acceptors (Lipinski definition) is 22. The first-order valence-corrected chi connectivity index (χ1v) is 22.3.